The summed E-state index contributed by atoms with van der Waals surface area (Å²) in [6, 6.07) is 18.7. The molecule has 0 aliphatic rings. The molecule has 0 spiro atoms. The molecule has 2 aromatic carbocycles. The van der Waals surface area contributed by atoms with E-state index in [-0.39, 0.29) is 0 Å². The average molecular weight is 272 g/mol. The highest BCUT2D eigenvalue weighted by atomic mass is 16.1. The zero-order valence-electron chi connectivity index (χ0n) is 11.2. The van der Waals surface area contributed by atoms with Crippen molar-refractivity contribution < 1.29 is 4.79 Å². The molecule has 3 nitrogen and oxygen atoms in total. The minimum atomic E-state index is -0.476. The van der Waals surface area contributed by atoms with Crippen molar-refractivity contribution in [3.63, 3.8) is 0 Å². The molecule has 0 aliphatic carbocycles. The summed E-state index contributed by atoms with van der Waals surface area (Å²) in [5.74, 6) is 5.53. The SMILES string of the molecule is NC(=O)c1cc(C#Cc2ccccc2)nc2ccccc12. The Kier molecular flexibility index (Phi) is 3.36. The first kappa shape index (κ1) is 12.9. The second kappa shape index (κ2) is 5.48. The Morgan fingerprint density at radius 3 is 2.43 bits per heavy atom. The summed E-state index contributed by atoms with van der Waals surface area (Å²) >= 11 is 0. The van der Waals surface area contributed by atoms with E-state index in [1.165, 1.54) is 0 Å². The Morgan fingerprint density at radius 1 is 0.952 bits per heavy atom. The minimum Gasteiger partial charge on any atom is -0.366 e. The van der Waals surface area contributed by atoms with Gasteiger partial charge in [0.1, 0.15) is 5.69 Å². The Hall–Kier alpha value is -3.12. The molecule has 3 rings (SSSR count). The summed E-state index contributed by atoms with van der Waals surface area (Å²) in [5.41, 5.74) is 8.03. The number of nitrogens with two attached hydrogens (primary N) is 1. The predicted octanol–water partition coefficient (Wildman–Crippen LogP) is 2.73. The first-order valence-corrected chi connectivity index (χ1v) is 6.51. The van der Waals surface area contributed by atoms with E-state index in [1.54, 1.807) is 6.07 Å². The number of carbonyl (C=O) groups is 1. The summed E-state index contributed by atoms with van der Waals surface area (Å²) in [6.45, 7) is 0. The first-order valence-electron chi connectivity index (χ1n) is 6.51. The maximum Gasteiger partial charge on any atom is 0.249 e. The van der Waals surface area contributed by atoms with Gasteiger partial charge >= 0.3 is 0 Å². The highest BCUT2D eigenvalue weighted by Crippen LogP contribution is 2.17. The third-order valence-corrected chi connectivity index (χ3v) is 3.09. The number of aromatic nitrogens is 1. The van der Waals surface area contributed by atoms with Crippen molar-refractivity contribution in [2.45, 2.75) is 0 Å². The molecule has 0 atom stereocenters. The van der Waals surface area contributed by atoms with Gasteiger partial charge < -0.3 is 5.73 Å². The Bertz CT molecular complexity index is 874. The Labute approximate surface area is 122 Å². The molecule has 1 aromatic heterocycles. The number of fused-ring (bicyclic) bond motifs is 1. The van der Waals surface area contributed by atoms with Crippen LogP contribution in [0.5, 0.6) is 0 Å². The summed E-state index contributed by atoms with van der Waals surface area (Å²) in [6.07, 6.45) is 0. The number of hydrogen-bond acceptors (Lipinski definition) is 2. The number of primary amides is 1. The molecule has 0 radical (unpaired) electrons. The Balaban J connectivity index is 2.12. The third kappa shape index (κ3) is 2.75. The molecule has 1 amide bonds. The van der Waals surface area contributed by atoms with Crippen molar-refractivity contribution >= 4 is 16.8 Å². The maximum atomic E-state index is 11.6. The van der Waals surface area contributed by atoms with E-state index >= 15 is 0 Å². The molecule has 100 valence electrons. The van der Waals surface area contributed by atoms with E-state index in [4.69, 9.17) is 5.73 Å². The second-order valence-electron chi connectivity index (χ2n) is 4.55. The summed E-state index contributed by atoms with van der Waals surface area (Å²) in [5, 5.41) is 0.746. The zero-order chi connectivity index (χ0) is 14.7. The van der Waals surface area contributed by atoms with E-state index in [2.05, 4.69) is 16.8 Å². The number of carbonyl (C=O) groups excluding carboxylic acids is 1. The molecular formula is C18H12N2O. The van der Waals surface area contributed by atoms with Gasteiger partial charge in [-0.05, 0) is 30.2 Å². The van der Waals surface area contributed by atoms with Crippen LogP contribution in [0.4, 0.5) is 0 Å². The van der Waals surface area contributed by atoms with Crippen LogP contribution in [0.25, 0.3) is 10.9 Å². The van der Waals surface area contributed by atoms with Gasteiger partial charge in [0.25, 0.3) is 0 Å². The van der Waals surface area contributed by atoms with Crippen molar-refractivity contribution in [2.24, 2.45) is 5.73 Å². The quantitative estimate of drug-likeness (QED) is 0.692. The van der Waals surface area contributed by atoms with Gasteiger partial charge in [-0.15, -0.1) is 0 Å². The highest BCUT2D eigenvalue weighted by Gasteiger charge is 2.08. The summed E-state index contributed by atoms with van der Waals surface area (Å²) in [7, 11) is 0. The lowest BCUT2D eigenvalue weighted by Crippen LogP contribution is -2.12. The molecular weight excluding hydrogens is 260 g/mol. The molecule has 0 bridgehead atoms. The van der Waals surface area contributed by atoms with Gasteiger partial charge in [0, 0.05) is 10.9 Å². The number of nitrogens with zero attached hydrogens (tertiary/aromatic N) is 1. The Morgan fingerprint density at radius 2 is 1.67 bits per heavy atom. The maximum absolute atomic E-state index is 11.6. The standard InChI is InChI=1S/C18H12N2O/c19-18(21)16-12-14(11-10-13-6-2-1-3-7-13)20-17-9-5-4-8-15(16)17/h1-9,12H,(H2,19,21). The van der Waals surface area contributed by atoms with Crippen molar-refractivity contribution in [3.05, 3.63) is 77.5 Å². The minimum absolute atomic E-state index is 0.443. The van der Waals surface area contributed by atoms with E-state index in [9.17, 15) is 4.79 Å². The normalized spacial score (nSPS) is 9.90. The lowest BCUT2D eigenvalue weighted by molar-refractivity contribution is 0.100. The highest BCUT2D eigenvalue weighted by molar-refractivity contribution is 6.05. The van der Waals surface area contributed by atoms with Gasteiger partial charge in [0.15, 0.2) is 0 Å². The lowest BCUT2D eigenvalue weighted by atomic mass is 10.1. The fourth-order valence-corrected chi connectivity index (χ4v) is 2.10. The van der Waals surface area contributed by atoms with Crippen LogP contribution in [0, 0.1) is 11.8 Å². The van der Waals surface area contributed by atoms with Gasteiger partial charge in [-0.25, -0.2) is 4.98 Å². The van der Waals surface area contributed by atoms with Crippen LogP contribution < -0.4 is 5.73 Å². The van der Waals surface area contributed by atoms with Crippen LogP contribution in [0.3, 0.4) is 0 Å². The number of para-hydroxylation sites is 1. The molecule has 0 fully saturated rings. The van der Waals surface area contributed by atoms with E-state index in [1.807, 2.05) is 54.6 Å². The molecule has 2 N–H and O–H groups in total. The molecule has 0 aliphatic heterocycles. The summed E-state index contributed by atoms with van der Waals surface area (Å²) in [4.78, 5) is 16.0. The second-order valence-corrected chi connectivity index (χ2v) is 4.55. The molecule has 0 saturated heterocycles. The van der Waals surface area contributed by atoms with Crippen molar-refractivity contribution in [2.75, 3.05) is 0 Å². The number of rotatable bonds is 1. The van der Waals surface area contributed by atoms with Crippen LogP contribution in [0.15, 0.2) is 60.7 Å². The van der Waals surface area contributed by atoms with Crippen LogP contribution in [0.1, 0.15) is 21.6 Å². The van der Waals surface area contributed by atoms with Gasteiger partial charge in [0.05, 0.1) is 11.1 Å². The topological polar surface area (TPSA) is 56.0 Å². The van der Waals surface area contributed by atoms with Crippen LogP contribution >= 0.6 is 0 Å². The fourth-order valence-electron chi connectivity index (χ4n) is 2.10. The average Bonchev–Trinajstić information content (AvgIpc) is 2.53. The van der Waals surface area contributed by atoms with E-state index in [0.29, 0.717) is 16.8 Å². The van der Waals surface area contributed by atoms with Gasteiger partial charge in [-0.1, -0.05) is 42.3 Å². The molecule has 0 unspecified atom stereocenters. The van der Waals surface area contributed by atoms with Gasteiger partial charge in [0.2, 0.25) is 5.91 Å². The number of benzene rings is 2. The molecule has 0 saturated carbocycles. The number of pyridine rings is 1. The van der Waals surface area contributed by atoms with Crippen molar-refractivity contribution in [1.82, 2.24) is 4.98 Å². The van der Waals surface area contributed by atoms with Gasteiger partial charge in [-0.2, -0.15) is 0 Å². The lowest BCUT2D eigenvalue weighted by Gasteiger charge is -2.03. The number of hydrogen-bond donors (Lipinski definition) is 1. The zero-order valence-corrected chi connectivity index (χ0v) is 11.2. The smallest absolute Gasteiger partial charge is 0.249 e. The van der Waals surface area contributed by atoms with Crippen molar-refractivity contribution in [1.29, 1.82) is 0 Å². The molecule has 3 aromatic rings. The van der Waals surface area contributed by atoms with Crippen LogP contribution in [-0.2, 0) is 0 Å². The summed E-state index contributed by atoms with van der Waals surface area (Å²) < 4.78 is 0. The van der Waals surface area contributed by atoms with Crippen LogP contribution in [-0.4, -0.2) is 10.9 Å². The number of amides is 1. The fraction of sp³-hybridized carbons (Fsp3) is 0. The van der Waals surface area contributed by atoms with Gasteiger partial charge in [-0.3, -0.25) is 4.79 Å². The molecule has 21 heavy (non-hydrogen) atoms. The monoisotopic (exact) mass is 272 g/mol. The molecule has 1 heterocycles. The largest absolute Gasteiger partial charge is 0.366 e. The molecule has 3 heteroatoms. The third-order valence-electron chi connectivity index (χ3n) is 3.09. The van der Waals surface area contributed by atoms with E-state index < -0.39 is 5.91 Å². The van der Waals surface area contributed by atoms with E-state index in [0.717, 1.165) is 10.9 Å². The van der Waals surface area contributed by atoms with Crippen LogP contribution in [0.2, 0.25) is 0 Å². The predicted molar refractivity (Wildman–Crippen MR) is 82.7 cm³/mol. The first-order chi connectivity index (χ1) is 10.2. The van der Waals surface area contributed by atoms with Crippen molar-refractivity contribution in [3.8, 4) is 11.8 Å².